The van der Waals surface area contributed by atoms with Gasteiger partial charge in [0, 0.05) is 25.9 Å². The molecule has 0 rings (SSSR count). The molecule has 56 heavy (non-hydrogen) atoms. The van der Waals surface area contributed by atoms with Crippen molar-refractivity contribution in [1.29, 1.82) is 0 Å². The fraction of sp³-hybridized carbons (Fsp3) is 0.880. The Kier molecular flexibility index (Phi) is 44.7. The molecule has 2 N–H and O–H groups in total. The number of hydrogen-bond acceptors (Lipinski definition) is 4. The van der Waals surface area contributed by atoms with Gasteiger partial charge in [0.25, 0.3) is 0 Å². The molecule has 0 aromatic carbocycles. The Balaban J connectivity index is 3.44. The van der Waals surface area contributed by atoms with E-state index in [0.717, 1.165) is 71.4 Å². The Morgan fingerprint density at radius 2 is 0.643 bits per heavy atom. The number of unbranched alkanes of at least 4 members (excludes halogenated alkanes) is 25. The van der Waals surface area contributed by atoms with Crippen LogP contribution >= 0.6 is 0 Å². The lowest BCUT2D eigenvalue weighted by Gasteiger charge is -2.18. The van der Waals surface area contributed by atoms with Crippen LogP contribution in [0.1, 0.15) is 232 Å². The highest BCUT2D eigenvalue weighted by Crippen LogP contribution is 2.12. The minimum Gasteiger partial charge on any atom is -0.356 e. The molecule has 0 atom stereocenters. The van der Waals surface area contributed by atoms with Crippen molar-refractivity contribution in [2.75, 3.05) is 53.4 Å². The first kappa shape index (κ1) is 54.3. The lowest BCUT2D eigenvalue weighted by atomic mass is 10.1. The van der Waals surface area contributed by atoms with Crippen molar-refractivity contribution >= 4 is 11.8 Å². The molecule has 0 aromatic heterocycles. The molecule has 0 aliphatic rings. The molecule has 2 amide bonds. The molecular formula is C50H98N4O2. The van der Waals surface area contributed by atoms with Gasteiger partial charge in [-0.2, -0.15) is 0 Å². The van der Waals surface area contributed by atoms with Crippen molar-refractivity contribution < 1.29 is 9.59 Å². The van der Waals surface area contributed by atoms with Crippen molar-refractivity contribution in [3.63, 3.8) is 0 Å². The SMILES string of the molecule is CCCCCCCC/C=C\CCCCCCCC(=O)NCCCCN(C)CCCCCN(C)CCCNC(=O)CCCCCCC/C=C\CCCCCCCC. The van der Waals surface area contributed by atoms with Crippen LogP contribution in [0, 0.1) is 0 Å². The Bertz CT molecular complexity index is 875. The number of carbonyl (C=O) groups is 2. The van der Waals surface area contributed by atoms with Gasteiger partial charge in [-0.3, -0.25) is 9.59 Å². The smallest absolute Gasteiger partial charge is 0.219 e. The molecular weight excluding hydrogens is 689 g/mol. The highest BCUT2D eigenvalue weighted by molar-refractivity contribution is 5.76. The highest BCUT2D eigenvalue weighted by atomic mass is 16.2. The van der Waals surface area contributed by atoms with Gasteiger partial charge in [-0.1, -0.05) is 147 Å². The summed E-state index contributed by atoms with van der Waals surface area (Å²) < 4.78 is 0. The second-order valence-corrected chi connectivity index (χ2v) is 17.1. The van der Waals surface area contributed by atoms with Gasteiger partial charge in [-0.05, 0) is 137 Å². The molecule has 330 valence electrons. The molecule has 6 heteroatoms. The number of amides is 2. The molecule has 0 spiro atoms. The van der Waals surface area contributed by atoms with Crippen LogP contribution in [0.5, 0.6) is 0 Å². The molecule has 0 aliphatic carbocycles. The predicted molar refractivity (Wildman–Crippen MR) is 248 cm³/mol. The normalized spacial score (nSPS) is 11.9. The summed E-state index contributed by atoms with van der Waals surface area (Å²) in [6.45, 7) is 10.6. The van der Waals surface area contributed by atoms with E-state index in [-0.39, 0.29) is 11.8 Å². The third-order valence-electron chi connectivity index (χ3n) is 11.2. The van der Waals surface area contributed by atoms with E-state index in [9.17, 15) is 9.59 Å². The maximum absolute atomic E-state index is 12.2. The molecule has 0 aliphatic heterocycles. The van der Waals surface area contributed by atoms with Gasteiger partial charge >= 0.3 is 0 Å². The largest absolute Gasteiger partial charge is 0.356 e. The zero-order valence-corrected chi connectivity index (χ0v) is 38.3. The van der Waals surface area contributed by atoms with E-state index in [1.807, 2.05) is 0 Å². The topological polar surface area (TPSA) is 64.7 Å². The maximum Gasteiger partial charge on any atom is 0.219 e. The van der Waals surface area contributed by atoms with Crippen LogP contribution in [0.3, 0.4) is 0 Å². The van der Waals surface area contributed by atoms with Crippen molar-refractivity contribution in [2.24, 2.45) is 0 Å². The van der Waals surface area contributed by atoms with Crippen molar-refractivity contribution in [1.82, 2.24) is 20.4 Å². The minimum atomic E-state index is 0.225. The molecule has 0 fully saturated rings. The van der Waals surface area contributed by atoms with Crippen molar-refractivity contribution in [3.05, 3.63) is 24.3 Å². The molecule has 0 unspecified atom stereocenters. The summed E-state index contributed by atoms with van der Waals surface area (Å²) in [5, 5.41) is 6.26. The van der Waals surface area contributed by atoms with Crippen LogP contribution in [0.15, 0.2) is 24.3 Å². The number of carbonyl (C=O) groups excluding carboxylic acids is 2. The lowest BCUT2D eigenvalue weighted by molar-refractivity contribution is -0.122. The number of nitrogens with zero attached hydrogens (tertiary/aromatic N) is 2. The van der Waals surface area contributed by atoms with Crippen LogP contribution in [-0.2, 0) is 9.59 Å². The highest BCUT2D eigenvalue weighted by Gasteiger charge is 2.05. The van der Waals surface area contributed by atoms with Crippen LogP contribution in [0.4, 0.5) is 0 Å². The molecule has 0 bridgehead atoms. The van der Waals surface area contributed by atoms with E-state index < -0.39 is 0 Å². The van der Waals surface area contributed by atoms with Crippen LogP contribution < -0.4 is 10.6 Å². The summed E-state index contributed by atoms with van der Waals surface area (Å²) in [6, 6.07) is 0. The van der Waals surface area contributed by atoms with Crippen molar-refractivity contribution in [3.8, 4) is 0 Å². The monoisotopic (exact) mass is 787 g/mol. The minimum absolute atomic E-state index is 0.225. The second kappa shape index (κ2) is 46.0. The van der Waals surface area contributed by atoms with Gasteiger partial charge in [0.15, 0.2) is 0 Å². The first-order chi connectivity index (χ1) is 27.5. The third-order valence-corrected chi connectivity index (χ3v) is 11.2. The van der Waals surface area contributed by atoms with Gasteiger partial charge in [0.1, 0.15) is 0 Å². The van der Waals surface area contributed by atoms with Crippen LogP contribution in [-0.4, -0.2) is 75.0 Å². The predicted octanol–water partition coefficient (Wildman–Crippen LogP) is 13.5. The molecule has 0 saturated heterocycles. The summed E-state index contributed by atoms with van der Waals surface area (Å²) in [5.74, 6) is 0.456. The van der Waals surface area contributed by atoms with Gasteiger partial charge in [-0.15, -0.1) is 0 Å². The van der Waals surface area contributed by atoms with Crippen molar-refractivity contribution in [2.45, 2.75) is 232 Å². The number of allylic oxidation sites excluding steroid dienone is 4. The molecule has 0 radical (unpaired) electrons. The zero-order chi connectivity index (χ0) is 40.8. The maximum atomic E-state index is 12.2. The van der Waals surface area contributed by atoms with Gasteiger partial charge in [0.05, 0.1) is 0 Å². The van der Waals surface area contributed by atoms with Gasteiger partial charge < -0.3 is 20.4 Å². The summed E-state index contributed by atoms with van der Waals surface area (Å²) in [5.41, 5.74) is 0. The molecule has 0 heterocycles. The summed E-state index contributed by atoms with van der Waals surface area (Å²) in [4.78, 5) is 29.2. The molecule has 0 saturated carbocycles. The standard InChI is InChI=1S/C50H98N4O2/c1-5-7-9-11-13-15-17-19-21-23-25-27-29-31-34-41-49(55)51-43-36-39-47-53(3)45-37-33-38-46-54(4)48-40-44-52-50(56)42-35-32-30-28-26-24-22-20-18-16-14-12-10-8-6-2/h19-22H,5-18,23-48H2,1-4H3,(H,51,55)(H,52,56)/b21-19-,22-20-. The van der Waals surface area contributed by atoms with E-state index in [2.05, 4.69) is 72.7 Å². The summed E-state index contributed by atoms with van der Waals surface area (Å²) >= 11 is 0. The third kappa shape index (κ3) is 45.0. The summed E-state index contributed by atoms with van der Waals surface area (Å²) in [6.07, 6.45) is 51.4. The Hall–Kier alpha value is -1.66. The first-order valence-electron chi connectivity index (χ1n) is 24.7. The molecule has 0 aromatic rings. The first-order valence-corrected chi connectivity index (χ1v) is 24.7. The van der Waals surface area contributed by atoms with Gasteiger partial charge in [-0.25, -0.2) is 0 Å². The van der Waals surface area contributed by atoms with E-state index in [0.29, 0.717) is 12.8 Å². The quantitative estimate of drug-likeness (QED) is 0.0477. The Morgan fingerprint density at radius 1 is 0.357 bits per heavy atom. The zero-order valence-electron chi connectivity index (χ0n) is 38.3. The number of nitrogens with one attached hydrogen (secondary N) is 2. The average Bonchev–Trinajstić information content (AvgIpc) is 3.19. The number of hydrogen-bond donors (Lipinski definition) is 2. The van der Waals surface area contributed by atoms with E-state index >= 15 is 0 Å². The Labute approximate surface area is 350 Å². The van der Waals surface area contributed by atoms with E-state index in [1.54, 1.807) is 0 Å². The second-order valence-electron chi connectivity index (χ2n) is 17.1. The average molecular weight is 787 g/mol. The van der Waals surface area contributed by atoms with Gasteiger partial charge in [0.2, 0.25) is 11.8 Å². The molecule has 6 nitrogen and oxygen atoms in total. The summed E-state index contributed by atoms with van der Waals surface area (Å²) in [7, 11) is 4.43. The van der Waals surface area contributed by atoms with Crippen LogP contribution in [0.2, 0.25) is 0 Å². The number of rotatable bonds is 45. The lowest BCUT2D eigenvalue weighted by Crippen LogP contribution is -2.28. The van der Waals surface area contributed by atoms with Crippen LogP contribution in [0.25, 0.3) is 0 Å². The van der Waals surface area contributed by atoms with E-state index in [4.69, 9.17) is 0 Å². The Morgan fingerprint density at radius 3 is 1.04 bits per heavy atom. The van der Waals surface area contributed by atoms with E-state index in [1.165, 1.54) is 173 Å². The fourth-order valence-corrected chi connectivity index (χ4v) is 7.36. The fourth-order valence-electron chi connectivity index (χ4n) is 7.36.